The highest BCUT2D eigenvalue weighted by Gasteiger charge is 2.37. The highest BCUT2D eigenvalue weighted by Crippen LogP contribution is 2.35. The van der Waals surface area contributed by atoms with Gasteiger partial charge in [0, 0.05) is 42.9 Å². The molecule has 2 atom stereocenters. The predicted molar refractivity (Wildman–Crippen MR) is 136 cm³/mol. The van der Waals surface area contributed by atoms with Gasteiger partial charge in [0.05, 0.1) is 0 Å². The predicted octanol–water partition coefficient (Wildman–Crippen LogP) is 3.88. The number of hydrogen-bond donors (Lipinski definition) is 1. The molecule has 2 aromatic carbocycles. The van der Waals surface area contributed by atoms with Crippen LogP contribution in [0.15, 0.2) is 77.2 Å². The molecule has 0 spiro atoms. The highest BCUT2D eigenvalue weighted by molar-refractivity contribution is 6.05. The quantitative estimate of drug-likeness (QED) is 0.592. The van der Waals surface area contributed by atoms with E-state index in [4.69, 9.17) is 0 Å². The maximum absolute atomic E-state index is 13.8. The molecule has 35 heavy (non-hydrogen) atoms. The molecule has 6 heteroatoms. The summed E-state index contributed by atoms with van der Waals surface area (Å²) in [7, 11) is 0. The van der Waals surface area contributed by atoms with E-state index in [1.165, 1.54) is 0 Å². The average molecular weight is 468 g/mol. The molecular weight excluding hydrogens is 438 g/mol. The number of rotatable bonds is 4. The van der Waals surface area contributed by atoms with E-state index in [1.54, 1.807) is 30.3 Å². The van der Waals surface area contributed by atoms with Crippen molar-refractivity contribution >= 4 is 17.9 Å². The second-order valence-electron chi connectivity index (χ2n) is 9.70. The summed E-state index contributed by atoms with van der Waals surface area (Å²) in [5.41, 5.74) is 4.79. The lowest BCUT2D eigenvalue weighted by Crippen LogP contribution is -2.50. The van der Waals surface area contributed by atoms with E-state index < -0.39 is 0 Å². The summed E-state index contributed by atoms with van der Waals surface area (Å²) >= 11 is 0. The fourth-order valence-corrected chi connectivity index (χ4v) is 5.11. The zero-order valence-corrected chi connectivity index (χ0v) is 20.0. The second-order valence-corrected chi connectivity index (χ2v) is 9.70. The van der Waals surface area contributed by atoms with E-state index in [1.807, 2.05) is 65.8 Å². The molecule has 3 heterocycles. The maximum atomic E-state index is 13.8. The molecular formula is C29H29N3O3. The summed E-state index contributed by atoms with van der Waals surface area (Å²) in [6.45, 7) is 5.66. The van der Waals surface area contributed by atoms with E-state index in [0.717, 1.165) is 28.8 Å². The molecule has 1 N–H and O–H groups in total. The van der Waals surface area contributed by atoms with Crippen LogP contribution in [-0.2, 0) is 11.3 Å². The molecule has 2 amide bonds. The monoisotopic (exact) mass is 467 g/mol. The van der Waals surface area contributed by atoms with Crippen LogP contribution in [0.3, 0.4) is 0 Å². The number of likely N-dealkylation sites (tertiary alicyclic amines) is 1. The van der Waals surface area contributed by atoms with Crippen LogP contribution in [0.5, 0.6) is 0 Å². The fourth-order valence-electron chi connectivity index (χ4n) is 5.11. The fraction of sp³-hybridized carbons (Fsp3) is 0.276. The smallest absolute Gasteiger partial charge is 0.270 e. The number of amides is 2. The highest BCUT2D eigenvalue weighted by atomic mass is 16.2. The Kier molecular flexibility index (Phi) is 6.12. The van der Waals surface area contributed by atoms with Crippen molar-refractivity contribution in [3.63, 3.8) is 0 Å². The Labute approximate surface area is 204 Å². The minimum Gasteiger partial charge on any atom is -0.336 e. The van der Waals surface area contributed by atoms with E-state index in [0.29, 0.717) is 25.2 Å². The third-order valence-electron chi connectivity index (χ3n) is 6.95. The van der Waals surface area contributed by atoms with Gasteiger partial charge in [-0.25, -0.2) is 0 Å². The summed E-state index contributed by atoms with van der Waals surface area (Å²) in [6.07, 6.45) is 2.71. The van der Waals surface area contributed by atoms with Gasteiger partial charge in [-0.3, -0.25) is 14.4 Å². The van der Waals surface area contributed by atoms with Gasteiger partial charge in [-0.2, -0.15) is 0 Å². The number of nitrogens with one attached hydrogen (secondary N) is 1. The summed E-state index contributed by atoms with van der Waals surface area (Å²) in [5, 5.41) is 2.88. The number of pyridine rings is 1. The van der Waals surface area contributed by atoms with E-state index in [-0.39, 0.29) is 34.9 Å². The Balaban J connectivity index is 1.44. The first-order valence-electron chi connectivity index (χ1n) is 12.0. The van der Waals surface area contributed by atoms with Crippen molar-refractivity contribution in [1.82, 2.24) is 14.8 Å². The summed E-state index contributed by atoms with van der Waals surface area (Å²) in [4.78, 5) is 41.0. The van der Waals surface area contributed by atoms with Crippen molar-refractivity contribution in [2.24, 2.45) is 5.92 Å². The van der Waals surface area contributed by atoms with Crippen molar-refractivity contribution in [1.29, 1.82) is 0 Å². The minimum absolute atomic E-state index is 0.0160. The maximum Gasteiger partial charge on any atom is 0.270 e. The second kappa shape index (κ2) is 9.37. The zero-order chi connectivity index (χ0) is 24.5. The zero-order valence-electron chi connectivity index (χ0n) is 20.0. The number of aromatic nitrogens is 1. The van der Waals surface area contributed by atoms with Crippen LogP contribution < -0.4 is 10.9 Å². The number of benzene rings is 2. The van der Waals surface area contributed by atoms with Gasteiger partial charge in [-0.05, 0) is 56.0 Å². The number of aryl methyl sites for hydroxylation is 2. The topological polar surface area (TPSA) is 71.4 Å². The van der Waals surface area contributed by atoms with Gasteiger partial charge < -0.3 is 14.8 Å². The van der Waals surface area contributed by atoms with Gasteiger partial charge in [0.15, 0.2) is 0 Å². The summed E-state index contributed by atoms with van der Waals surface area (Å²) in [6, 6.07) is 20.5. The summed E-state index contributed by atoms with van der Waals surface area (Å²) < 4.78 is 1.85. The van der Waals surface area contributed by atoms with Crippen molar-refractivity contribution in [3.8, 4) is 0 Å². The van der Waals surface area contributed by atoms with Crippen molar-refractivity contribution in [2.45, 2.75) is 32.7 Å². The Morgan fingerprint density at radius 1 is 0.886 bits per heavy atom. The largest absolute Gasteiger partial charge is 0.336 e. The Hall–Kier alpha value is -3.93. The third-order valence-corrected chi connectivity index (χ3v) is 6.95. The Morgan fingerprint density at radius 2 is 1.57 bits per heavy atom. The van der Waals surface area contributed by atoms with Crippen LogP contribution in [0.2, 0.25) is 0 Å². The molecule has 178 valence electrons. The van der Waals surface area contributed by atoms with Crippen LogP contribution in [0.4, 0.5) is 0 Å². The average Bonchev–Trinajstić information content (AvgIpc) is 2.85. The molecule has 0 radical (unpaired) electrons. The van der Waals surface area contributed by atoms with Gasteiger partial charge >= 0.3 is 0 Å². The Morgan fingerprint density at radius 3 is 2.29 bits per heavy atom. The summed E-state index contributed by atoms with van der Waals surface area (Å²) in [5.74, 6) is -0.203. The van der Waals surface area contributed by atoms with E-state index >= 15 is 0 Å². The third kappa shape index (κ3) is 4.83. The van der Waals surface area contributed by atoms with Gasteiger partial charge in [-0.1, -0.05) is 53.6 Å². The lowest BCUT2D eigenvalue weighted by atomic mass is 9.83. The van der Waals surface area contributed by atoms with Gasteiger partial charge in [0.1, 0.15) is 5.70 Å². The van der Waals surface area contributed by atoms with Crippen molar-refractivity contribution < 1.29 is 9.59 Å². The van der Waals surface area contributed by atoms with Crippen molar-refractivity contribution in [2.75, 3.05) is 13.1 Å². The molecule has 1 aromatic heterocycles. The Bertz CT molecular complexity index is 1350. The molecule has 2 bridgehead atoms. The molecule has 0 aliphatic carbocycles. The first-order valence-corrected chi connectivity index (χ1v) is 12.0. The van der Waals surface area contributed by atoms with Crippen LogP contribution in [0, 0.1) is 19.8 Å². The van der Waals surface area contributed by atoms with Crippen LogP contribution in [-0.4, -0.2) is 34.4 Å². The van der Waals surface area contributed by atoms with Gasteiger partial charge in [0.2, 0.25) is 0 Å². The van der Waals surface area contributed by atoms with Crippen molar-refractivity contribution in [3.05, 3.63) is 111 Å². The van der Waals surface area contributed by atoms with E-state index in [9.17, 15) is 14.4 Å². The number of carbonyl (C=O) groups is 2. The molecule has 0 saturated carbocycles. The first-order chi connectivity index (χ1) is 16.9. The molecule has 2 unspecified atom stereocenters. The number of hydrogen-bond acceptors (Lipinski definition) is 3. The SMILES string of the molecule is Cc1ccc(C=C(NC(=O)c2ccc(C)cc2)C(=O)N2CC3CC(C2)c2cccc(=O)n2C3)cc1. The standard InChI is InChI=1S/C29H29N3O3/c1-19-6-10-21(11-7-19)15-25(30-28(34)23-12-8-20(2)9-13-23)29(35)31-16-22-14-24(18-31)26-4-3-5-27(33)32(26)17-22/h3-13,15,22,24H,14,16-18H2,1-2H3,(H,30,34). The first kappa shape index (κ1) is 22.8. The number of fused-ring (bicyclic) bond motifs is 4. The molecule has 5 rings (SSSR count). The molecule has 3 aromatic rings. The molecule has 2 aliphatic rings. The van der Waals surface area contributed by atoms with E-state index in [2.05, 4.69) is 5.32 Å². The number of piperidine rings is 1. The normalized spacial score (nSPS) is 19.1. The van der Waals surface area contributed by atoms with Gasteiger partial charge in [0.25, 0.3) is 17.4 Å². The lowest BCUT2D eigenvalue weighted by molar-refractivity contribution is -0.130. The number of nitrogens with zero attached hydrogens (tertiary/aromatic N) is 2. The van der Waals surface area contributed by atoms with Crippen LogP contribution in [0.1, 0.15) is 45.1 Å². The van der Waals surface area contributed by atoms with Crippen LogP contribution >= 0.6 is 0 Å². The molecule has 2 aliphatic heterocycles. The number of carbonyl (C=O) groups excluding carboxylic acids is 2. The molecule has 1 saturated heterocycles. The van der Waals surface area contributed by atoms with Gasteiger partial charge in [-0.15, -0.1) is 0 Å². The lowest BCUT2D eigenvalue weighted by Gasteiger charge is -2.43. The minimum atomic E-state index is -0.314. The van der Waals surface area contributed by atoms with Crippen LogP contribution in [0.25, 0.3) is 6.08 Å². The molecule has 1 fully saturated rings. The molecule has 6 nitrogen and oxygen atoms in total.